The molecule has 3 aromatic carbocycles. The fourth-order valence-corrected chi connectivity index (χ4v) is 4.56. The zero-order valence-corrected chi connectivity index (χ0v) is 21.1. The molecule has 3 aromatic rings. The summed E-state index contributed by atoms with van der Waals surface area (Å²) in [6.07, 6.45) is 0. The molecule has 0 fully saturated rings. The van der Waals surface area contributed by atoms with Gasteiger partial charge in [-0.05, 0) is 87.2 Å². The Bertz CT molecular complexity index is 1210. The van der Waals surface area contributed by atoms with Crippen LogP contribution in [0, 0.1) is 0 Å². The normalized spacial score (nSPS) is 12.1. The zero-order valence-electron chi connectivity index (χ0n) is 20.3. The van der Waals surface area contributed by atoms with Crippen molar-refractivity contribution in [2.24, 2.45) is 0 Å². The lowest BCUT2D eigenvalue weighted by atomic mass is 10.1. The Kier molecular flexibility index (Phi) is 8.73. The number of anilines is 1. The van der Waals surface area contributed by atoms with Crippen molar-refractivity contribution in [2.45, 2.75) is 17.9 Å². The predicted molar refractivity (Wildman–Crippen MR) is 137 cm³/mol. The number of rotatable bonds is 11. The number of amides is 1. The van der Waals surface area contributed by atoms with Crippen LogP contribution in [0.5, 0.6) is 11.5 Å². The van der Waals surface area contributed by atoms with Crippen LogP contribution in [0.4, 0.5) is 5.69 Å². The van der Waals surface area contributed by atoms with Gasteiger partial charge >= 0.3 is 0 Å². The van der Waals surface area contributed by atoms with Gasteiger partial charge in [0, 0.05) is 17.8 Å². The van der Waals surface area contributed by atoms with Crippen molar-refractivity contribution in [3.63, 3.8) is 0 Å². The van der Waals surface area contributed by atoms with E-state index >= 15 is 0 Å². The van der Waals surface area contributed by atoms with Gasteiger partial charge in [0.05, 0.1) is 24.7 Å². The molecule has 1 amide bonds. The fourth-order valence-electron chi connectivity index (χ4n) is 3.50. The second-order valence-electron chi connectivity index (χ2n) is 8.05. The molecular formula is C26H31N3O5S. The highest BCUT2D eigenvalue weighted by atomic mass is 32.2. The maximum Gasteiger partial charge on any atom is 0.261 e. The number of carbonyl (C=O) groups is 1. The van der Waals surface area contributed by atoms with Crippen molar-refractivity contribution in [1.29, 1.82) is 0 Å². The van der Waals surface area contributed by atoms with E-state index < -0.39 is 10.0 Å². The smallest absolute Gasteiger partial charge is 0.261 e. The summed E-state index contributed by atoms with van der Waals surface area (Å²) in [5.74, 6) is 1.14. The molecule has 0 aromatic heterocycles. The van der Waals surface area contributed by atoms with Crippen molar-refractivity contribution in [3.05, 3.63) is 83.9 Å². The summed E-state index contributed by atoms with van der Waals surface area (Å²) >= 11 is 0. The number of sulfonamides is 1. The number of benzene rings is 3. The van der Waals surface area contributed by atoms with E-state index in [1.165, 1.54) is 24.3 Å². The zero-order chi connectivity index (χ0) is 25.4. The van der Waals surface area contributed by atoms with Crippen molar-refractivity contribution in [2.75, 3.05) is 39.1 Å². The first-order chi connectivity index (χ1) is 16.7. The van der Waals surface area contributed by atoms with Gasteiger partial charge in [-0.15, -0.1) is 0 Å². The van der Waals surface area contributed by atoms with Gasteiger partial charge in [0.15, 0.2) is 0 Å². The third-order valence-corrected chi connectivity index (χ3v) is 6.82. The van der Waals surface area contributed by atoms with Crippen LogP contribution < -0.4 is 19.5 Å². The Hall–Kier alpha value is -3.56. The summed E-state index contributed by atoms with van der Waals surface area (Å²) in [6, 6.07) is 20.1. The van der Waals surface area contributed by atoms with Crippen molar-refractivity contribution in [1.82, 2.24) is 10.2 Å². The summed E-state index contributed by atoms with van der Waals surface area (Å²) in [4.78, 5) is 14.8. The highest BCUT2D eigenvalue weighted by molar-refractivity contribution is 7.92. The largest absolute Gasteiger partial charge is 0.497 e. The van der Waals surface area contributed by atoms with E-state index in [-0.39, 0.29) is 16.8 Å². The molecule has 0 radical (unpaired) electrons. The van der Waals surface area contributed by atoms with Crippen LogP contribution in [0.2, 0.25) is 0 Å². The lowest BCUT2D eigenvalue weighted by Crippen LogP contribution is -2.34. The molecule has 0 saturated heterocycles. The SMILES string of the molecule is CCOc1ccc(NS(=O)(=O)c2ccc(C(=O)NCC(c3ccc(OC)cc3)N(C)C)cc2)cc1. The monoisotopic (exact) mass is 497 g/mol. The molecule has 0 spiro atoms. The molecule has 8 nitrogen and oxygen atoms in total. The number of hydrogen-bond acceptors (Lipinski definition) is 6. The number of nitrogens with zero attached hydrogens (tertiary/aromatic N) is 1. The van der Waals surface area contributed by atoms with Gasteiger partial charge in [0.1, 0.15) is 11.5 Å². The van der Waals surface area contributed by atoms with Gasteiger partial charge in [-0.2, -0.15) is 0 Å². The minimum atomic E-state index is -3.80. The van der Waals surface area contributed by atoms with Crippen LogP contribution in [0.3, 0.4) is 0 Å². The minimum absolute atomic E-state index is 0.0391. The summed E-state index contributed by atoms with van der Waals surface area (Å²) in [6.45, 7) is 2.79. The summed E-state index contributed by atoms with van der Waals surface area (Å²) in [5, 5.41) is 2.93. The van der Waals surface area contributed by atoms with Crippen molar-refractivity contribution in [3.8, 4) is 11.5 Å². The minimum Gasteiger partial charge on any atom is -0.497 e. The highest BCUT2D eigenvalue weighted by Crippen LogP contribution is 2.22. The van der Waals surface area contributed by atoms with Crippen LogP contribution >= 0.6 is 0 Å². The molecule has 0 aliphatic heterocycles. The molecule has 1 unspecified atom stereocenters. The van der Waals surface area contributed by atoms with E-state index in [1.807, 2.05) is 50.2 Å². The molecule has 9 heteroatoms. The number of likely N-dealkylation sites (N-methyl/N-ethyl adjacent to an activating group) is 1. The van der Waals surface area contributed by atoms with Crippen LogP contribution in [-0.4, -0.2) is 53.6 Å². The molecular weight excluding hydrogens is 466 g/mol. The first-order valence-electron chi connectivity index (χ1n) is 11.2. The van der Waals surface area contributed by atoms with E-state index in [4.69, 9.17) is 9.47 Å². The van der Waals surface area contributed by atoms with Gasteiger partial charge < -0.3 is 19.7 Å². The molecule has 1 atom stereocenters. The van der Waals surface area contributed by atoms with Crippen LogP contribution in [0.25, 0.3) is 0 Å². The Morgan fingerprint density at radius 1 is 0.914 bits per heavy atom. The molecule has 0 aliphatic carbocycles. The van der Waals surface area contributed by atoms with E-state index in [0.29, 0.717) is 30.2 Å². The number of methoxy groups -OCH3 is 1. The lowest BCUT2D eigenvalue weighted by Gasteiger charge is -2.25. The van der Waals surface area contributed by atoms with Gasteiger partial charge in [-0.25, -0.2) is 8.42 Å². The highest BCUT2D eigenvalue weighted by Gasteiger charge is 2.18. The predicted octanol–water partition coefficient (Wildman–Crippen LogP) is 3.93. The third-order valence-electron chi connectivity index (χ3n) is 5.42. The molecule has 2 N–H and O–H groups in total. The topological polar surface area (TPSA) is 97.0 Å². The van der Waals surface area contributed by atoms with E-state index in [2.05, 4.69) is 10.0 Å². The molecule has 0 aliphatic rings. The van der Waals surface area contributed by atoms with Gasteiger partial charge in [-0.3, -0.25) is 9.52 Å². The van der Waals surface area contributed by atoms with Gasteiger partial charge in [0.25, 0.3) is 15.9 Å². The van der Waals surface area contributed by atoms with E-state index in [0.717, 1.165) is 11.3 Å². The van der Waals surface area contributed by atoms with Crippen LogP contribution in [0.1, 0.15) is 28.9 Å². The van der Waals surface area contributed by atoms with Crippen molar-refractivity contribution < 1.29 is 22.7 Å². The summed E-state index contributed by atoms with van der Waals surface area (Å²) in [5.41, 5.74) is 1.83. The Morgan fingerprint density at radius 3 is 2.06 bits per heavy atom. The van der Waals surface area contributed by atoms with E-state index in [1.54, 1.807) is 31.4 Å². The second kappa shape index (κ2) is 11.7. The standard InChI is InChI=1S/C26H31N3O5S/c1-5-34-23-14-10-21(11-15-23)28-35(31,32)24-16-8-20(9-17-24)26(30)27-18-25(29(2)3)19-6-12-22(33-4)13-7-19/h6-17,25,28H,5,18H2,1-4H3,(H,27,30). The second-order valence-corrected chi connectivity index (χ2v) is 9.73. The number of ether oxygens (including phenoxy) is 2. The number of carbonyl (C=O) groups excluding carboxylic acids is 1. The molecule has 35 heavy (non-hydrogen) atoms. The van der Waals surface area contributed by atoms with Crippen molar-refractivity contribution >= 4 is 21.6 Å². The molecule has 0 bridgehead atoms. The van der Waals surface area contributed by atoms with Gasteiger partial charge in [-0.1, -0.05) is 12.1 Å². The molecule has 0 saturated carbocycles. The van der Waals surface area contributed by atoms with Crippen LogP contribution in [-0.2, 0) is 10.0 Å². The van der Waals surface area contributed by atoms with E-state index in [9.17, 15) is 13.2 Å². The Balaban J connectivity index is 1.63. The summed E-state index contributed by atoms with van der Waals surface area (Å²) < 4.78 is 38.6. The Morgan fingerprint density at radius 2 is 1.51 bits per heavy atom. The van der Waals surface area contributed by atoms with Crippen LogP contribution in [0.15, 0.2) is 77.7 Å². The molecule has 186 valence electrons. The number of hydrogen-bond donors (Lipinski definition) is 2. The Labute approximate surface area is 206 Å². The lowest BCUT2D eigenvalue weighted by molar-refractivity contribution is 0.0941. The average molecular weight is 498 g/mol. The molecule has 0 heterocycles. The molecule has 3 rings (SSSR count). The van der Waals surface area contributed by atoms with Gasteiger partial charge in [0.2, 0.25) is 0 Å². The number of nitrogens with one attached hydrogen (secondary N) is 2. The third kappa shape index (κ3) is 6.97. The first kappa shape index (κ1) is 26.1. The quantitative estimate of drug-likeness (QED) is 0.417. The fraction of sp³-hybridized carbons (Fsp3) is 0.269. The maximum absolute atomic E-state index is 12.7. The first-order valence-corrected chi connectivity index (χ1v) is 12.7. The maximum atomic E-state index is 12.7. The average Bonchev–Trinajstić information content (AvgIpc) is 2.85. The summed E-state index contributed by atoms with van der Waals surface area (Å²) in [7, 11) is 1.70.